The smallest absolute Gasteiger partial charge is 0.277 e. The number of nitrogens with one attached hydrogen (secondary N) is 1. The Kier molecular flexibility index (Phi) is 6.31. The molecule has 170 valence electrons. The predicted octanol–water partition coefficient (Wildman–Crippen LogP) is 5.02. The Morgan fingerprint density at radius 1 is 1.00 bits per heavy atom. The van der Waals surface area contributed by atoms with Crippen molar-refractivity contribution in [3.63, 3.8) is 0 Å². The number of aromatic nitrogens is 4. The number of amides is 1. The number of hydrogen-bond acceptors (Lipinski definition) is 4. The van der Waals surface area contributed by atoms with Crippen molar-refractivity contribution < 1.29 is 9.53 Å². The topological polar surface area (TPSA) is 74.0 Å². The van der Waals surface area contributed by atoms with Crippen LogP contribution in [0.4, 0.5) is 5.82 Å². The molecule has 0 saturated heterocycles. The summed E-state index contributed by atoms with van der Waals surface area (Å²) in [7, 11) is 0. The van der Waals surface area contributed by atoms with Crippen LogP contribution in [-0.4, -0.2) is 25.5 Å². The second kappa shape index (κ2) is 9.32. The quantitative estimate of drug-likeness (QED) is 0.435. The van der Waals surface area contributed by atoms with Crippen LogP contribution in [0.2, 0.25) is 0 Å². The molecule has 4 aromatic rings. The van der Waals surface area contributed by atoms with Crippen LogP contribution in [0.3, 0.4) is 0 Å². The summed E-state index contributed by atoms with van der Waals surface area (Å²) in [5, 5.41) is 11.6. The number of nitrogens with zero attached hydrogens (tertiary/aromatic N) is 4. The van der Waals surface area contributed by atoms with Crippen LogP contribution in [0.5, 0.6) is 5.75 Å². The van der Waals surface area contributed by atoms with E-state index in [1.54, 1.807) is 16.9 Å². The monoisotopic (exact) mass is 443 g/mol. The molecular formula is C26H29N5O2. The Labute approximate surface area is 194 Å². The summed E-state index contributed by atoms with van der Waals surface area (Å²) < 4.78 is 9.25. The van der Waals surface area contributed by atoms with Crippen molar-refractivity contribution in [2.45, 2.75) is 46.4 Å². The van der Waals surface area contributed by atoms with E-state index in [1.165, 1.54) is 5.56 Å². The number of benzene rings is 2. The third kappa shape index (κ3) is 5.68. The van der Waals surface area contributed by atoms with Gasteiger partial charge in [-0.25, -0.2) is 4.68 Å². The summed E-state index contributed by atoms with van der Waals surface area (Å²) in [6.07, 6.45) is 1.72. The van der Waals surface area contributed by atoms with Crippen LogP contribution in [0.25, 0.3) is 0 Å². The lowest BCUT2D eigenvalue weighted by atomic mass is 9.87. The van der Waals surface area contributed by atoms with Crippen LogP contribution in [0.1, 0.15) is 48.1 Å². The van der Waals surface area contributed by atoms with Gasteiger partial charge in [0.05, 0.1) is 6.54 Å². The van der Waals surface area contributed by atoms with E-state index in [1.807, 2.05) is 60.1 Å². The van der Waals surface area contributed by atoms with Crippen LogP contribution in [-0.2, 0) is 18.7 Å². The highest BCUT2D eigenvalue weighted by atomic mass is 16.5. The number of aryl methyl sites for hydroxylation is 1. The van der Waals surface area contributed by atoms with Crippen molar-refractivity contribution in [3.8, 4) is 5.75 Å². The van der Waals surface area contributed by atoms with Gasteiger partial charge in [-0.2, -0.15) is 10.2 Å². The summed E-state index contributed by atoms with van der Waals surface area (Å²) in [4.78, 5) is 12.6. The highest BCUT2D eigenvalue weighted by molar-refractivity contribution is 6.02. The van der Waals surface area contributed by atoms with E-state index in [4.69, 9.17) is 4.74 Å². The Bertz CT molecular complexity index is 1220. The fraction of sp³-hybridized carbons (Fsp3) is 0.269. The summed E-state index contributed by atoms with van der Waals surface area (Å²) in [6, 6.07) is 21.6. The maximum Gasteiger partial charge on any atom is 0.277 e. The molecule has 1 N–H and O–H groups in total. The number of carbonyl (C=O) groups excluding carboxylic acids is 1. The number of ether oxygens (including phenoxy) is 1. The lowest BCUT2D eigenvalue weighted by molar-refractivity contribution is 0.101. The zero-order chi connectivity index (χ0) is 23.4. The number of carbonyl (C=O) groups is 1. The van der Waals surface area contributed by atoms with Crippen LogP contribution >= 0.6 is 0 Å². The molecule has 1 amide bonds. The molecule has 0 bridgehead atoms. The van der Waals surface area contributed by atoms with Gasteiger partial charge in [0.1, 0.15) is 5.75 Å². The Hall–Kier alpha value is -3.87. The molecule has 0 aliphatic rings. The summed E-state index contributed by atoms with van der Waals surface area (Å²) in [5.41, 5.74) is 3.75. The zero-order valence-corrected chi connectivity index (χ0v) is 19.4. The average molecular weight is 444 g/mol. The minimum atomic E-state index is -0.312. The largest absolute Gasteiger partial charge is 0.471 e. The summed E-state index contributed by atoms with van der Waals surface area (Å²) in [5.74, 6) is 0.940. The Balaban J connectivity index is 1.34. The predicted molar refractivity (Wildman–Crippen MR) is 128 cm³/mol. The molecule has 0 atom stereocenters. The van der Waals surface area contributed by atoms with E-state index >= 15 is 0 Å². The molecular weight excluding hydrogens is 414 g/mol. The first-order chi connectivity index (χ1) is 15.8. The molecule has 0 saturated carbocycles. The van der Waals surface area contributed by atoms with Gasteiger partial charge in [0, 0.05) is 18.0 Å². The fourth-order valence-electron chi connectivity index (χ4n) is 3.41. The van der Waals surface area contributed by atoms with E-state index in [-0.39, 0.29) is 18.1 Å². The molecule has 0 unspecified atom stereocenters. The maximum atomic E-state index is 12.6. The average Bonchev–Trinajstić information content (AvgIpc) is 3.39. The van der Waals surface area contributed by atoms with Gasteiger partial charge in [-0.3, -0.25) is 9.48 Å². The van der Waals surface area contributed by atoms with Gasteiger partial charge < -0.3 is 10.1 Å². The van der Waals surface area contributed by atoms with E-state index in [2.05, 4.69) is 48.4 Å². The molecule has 0 fully saturated rings. The van der Waals surface area contributed by atoms with Crippen LogP contribution in [0, 0.1) is 6.92 Å². The van der Waals surface area contributed by atoms with Gasteiger partial charge >= 0.3 is 0 Å². The number of hydrogen-bond donors (Lipinski definition) is 1. The van der Waals surface area contributed by atoms with Gasteiger partial charge in [0.2, 0.25) is 0 Å². The first-order valence-electron chi connectivity index (χ1n) is 10.9. The highest BCUT2D eigenvalue weighted by Crippen LogP contribution is 2.24. The van der Waals surface area contributed by atoms with Crippen molar-refractivity contribution in [3.05, 3.63) is 95.4 Å². The molecule has 2 heterocycles. The van der Waals surface area contributed by atoms with E-state index < -0.39 is 0 Å². The second-order valence-electron chi connectivity index (χ2n) is 9.06. The zero-order valence-electron chi connectivity index (χ0n) is 19.4. The van der Waals surface area contributed by atoms with Crippen molar-refractivity contribution in [2.75, 3.05) is 5.32 Å². The molecule has 0 radical (unpaired) electrons. The standard InChI is InChI=1S/C26H29N5O2/c1-19-16-24(29-31(19)17-20-8-6-5-7-9-20)27-25(32)23-14-15-30(28-23)18-33-22-12-10-21(11-13-22)26(2,3)4/h5-16H,17-18H2,1-4H3,(H,27,29,32). The van der Waals surface area contributed by atoms with Gasteiger partial charge in [-0.1, -0.05) is 63.2 Å². The van der Waals surface area contributed by atoms with Crippen LogP contribution < -0.4 is 10.1 Å². The molecule has 0 aliphatic heterocycles. The first-order valence-corrected chi connectivity index (χ1v) is 10.9. The molecule has 2 aromatic carbocycles. The van der Waals surface area contributed by atoms with Crippen molar-refractivity contribution in [2.24, 2.45) is 0 Å². The second-order valence-corrected chi connectivity index (χ2v) is 9.06. The van der Waals surface area contributed by atoms with E-state index in [9.17, 15) is 4.79 Å². The Morgan fingerprint density at radius 2 is 1.73 bits per heavy atom. The van der Waals surface area contributed by atoms with E-state index in [0.29, 0.717) is 18.1 Å². The molecule has 0 spiro atoms. The van der Waals surface area contributed by atoms with Gasteiger partial charge in [0.15, 0.2) is 18.2 Å². The van der Waals surface area contributed by atoms with Gasteiger partial charge in [-0.15, -0.1) is 0 Å². The van der Waals surface area contributed by atoms with Crippen molar-refractivity contribution >= 4 is 11.7 Å². The molecule has 7 heteroatoms. The third-order valence-electron chi connectivity index (χ3n) is 5.36. The highest BCUT2D eigenvalue weighted by Gasteiger charge is 2.14. The molecule has 7 nitrogen and oxygen atoms in total. The minimum absolute atomic E-state index is 0.0959. The third-order valence-corrected chi connectivity index (χ3v) is 5.36. The van der Waals surface area contributed by atoms with Gasteiger partial charge in [-0.05, 0) is 41.7 Å². The molecule has 0 aliphatic carbocycles. The SMILES string of the molecule is Cc1cc(NC(=O)c2ccn(COc3ccc(C(C)(C)C)cc3)n2)nn1Cc1ccccc1. The van der Waals surface area contributed by atoms with E-state index in [0.717, 1.165) is 17.0 Å². The summed E-state index contributed by atoms with van der Waals surface area (Å²) >= 11 is 0. The maximum absolute atomic E-state index is 12.6. The fourth-order valence-corrected chi connectivity index (χ4v) is 3.41. The minimum Gasteiger partial charge on any atom is -0.471 e. The summed E-state index contributed by atoms with van der Waals surface area (Å²) in [6.45, 7) is 9.35. The first kappa shape index (κ1) is 22.3. The lowest BCUT2D eigenvalue weighted by Gasteiger charge is -2.19. The number of anilines is 1. The van der Waals surface area contributed by atoms with Gasteiger partial charge in [0.25, 0.3) is 5.91 Å². The molecule has 2 aromatic heterocycles. The normalized spacial score (nSPS) is 11.4. The van der Waals surface area contributed by atoms with Crippen LogP contribution in [0.15, 0.2) is 72.9 Å². The number of rotatable bonds is 7. The molecule has 4 rings (SSSR count). The molecule has 33 heavy (non-hydrogen) atoms. The van der Waals surface area contributed by atoms with Crippen molar-refractivity contribution in [1.82, 2.24) is 19.6 Å². The Morgan fingerprint density at radius 3 is 2.42 bits per heavy atom. The lowest BCUT2D eigenvalue weighted by Crippen LogP contribution is -2.15. The van der Waals surface area contributed by atoms with Crippen molar-refractivity contribution in [1.29, 1.82) is 0 Å².